The summed E-state index contributed by atoms with van der Waals surface area (Å²) >= 11 is 0. The van der Waals surface area contributed by atoms with Crippen molar-refractivity contribution in [2.45, 2.75) is 26.3 Å². The largest absolute Gasteiger partial charge is 0.353 e. The van der Waals surface area contributed by atoms with Crippen LogP contribution in [0.25, 0.3) is 0 Å². The molecule has 0 radical (unpaired) electrons. The molecule has 3 N–H and O–H groups in total. The average Bonchev–Trinajstić information content (AvgIpc) is 2.85. The number of carbonyl (C=O) groups excluding carboxylic acids is 2. The Morgan fingerprint density at radius 3 is 2.58 bits per heavy atom. The zero-order valence-corrected chi connectivity index (χ0v) is 16.8. The average molecular weight is 407 g/mol. The van der Waals surface area contributed by atoms with Crippen molar-refractivity contribution >= 4 is 42.4 Å². The summed E-state index contributed by atoms with van der Waals surface area (Å²) in [5.41, 5.74) is 5.78. The number of carbonyl (C=O) groups is 2. The number of hydrogen-bond donors (Lipinski definition) is 2. The van der Waals surface area contributed by atoms with Crippen LogP contribution in [-0.2, 0) is 9.59 Å². The molecule has 1 fully saturated rings. The van der Waals surface area contributed by atoms with Crippen molar-refractivity contribution < 1.29 is 9.59 Å². The first-order chi connectivity index (χ1) is 11.5. The molecule has 2 rings (SSSR count). The standard InChI is InChI=1S/C16H26N6O2.2ClH/c1-12(2)15(17)16(24)18-11-14(23)22-8-4-7-21(9-10-22)13-5-3-6-19-20-13;;/h3,5-6,12,15H,4,7-11,17H2,1-2H3,(H,18,24);2*1H/t15-;;/m0../s1. The van der Waals surface area contributed by atoms with Gasteiger partial charge in [0.05, 0.1) is 12.6 Å². The van der Waals surface area contributed by atoms with E-state index in [1.54, 1.807) is 11.1 Å². The second kappa shape index (κ2) is 11.9. The van der Waals surface area contributed by atoms with Gasteiger partial charge in [-0.15, -0.1) is 29.9 Å². The number of hydrogen-bond acceptors (Lipinski definition) is 6. The van der Waals surface area contributed by atoms with Crippen LogP contribution in [0, 0.1) is 5.92 Å². The zero-order chi connectivity index (χ0) is 17.5. The molecule has 0 saturated carbocycles. The molecule has 148 valence electrons. The summed E-state index contributed by atoms with van der Waals surface area (Å²) < 4.78 is 0. The van der Waals surface area contributed by atoms with Crippen LogP contribution in [0.2, 0.25) is 0 Å². The van der Waals surface area contributed by atoms with Crippen LogP contribution in [-0.4, -0.2) is 65.7 Å². The molecule has 1 atom stereocenters. The van der Waals surface area contributed by atoms with Crippen LogP contribution < -0.4 is 16.0 Å². The smallest absolute Gasteiger partial charge is 0.242 e. The Morgan fingerprint density at radius 2 is 1.96 bits per heavy atom. The molecule has 26 heavy (non-hydrogen) atoms. The summed E-state index contributed by atoms with van der Waals surface area (Å²) in [6, 6.07) is 3.18. The fourth-order valence-electron chi connectivity index (χ4n) is 2.55. The van der Waals surface area contributed by atoms with Gasteiger partial charge in [0.25, 0.3) is 0 Å². The van der Waals surface area contributed by atoms with E-state index in [0.717, 1.165) is 18.8 Å². The Labute approximate surface area is 166 Å². The van der Waals surface area contributed by atoms with Gasteiger partial charge in [-0.25, -0.2) is 0 Å². The fourth-order valence-corrected chi connectivity index (χ4v) is 2.55. The zero-order valence-electron chi connectivity index (χ0n) is 15.1. The summed E-state index contributed by atoms with van der Waals surface area (Å²) in [5, 5.41) is 10.6. The van der Waals surface area contributed by atoms with Crippen molar-refractivity contribution in [3.63, 3.8) is 0 Å². The molecule has 8 nitrogen and oxygen atoms in total. The van der Waals surface area contributed by atoms with E-state index in [2.05, 4.69) is 20.4 Å². The lowest BCUT2D eigenvalue weighted by molar-refractivity contribution is -0.133. The molecule has 0 bridgehead atoms. The first-order valence-electron chi connectivity index (χ1n) is 8.32. The van der Waals surface area contributed by atoms with Gasteiger partial charge in [-0.1, -0.05) is 13.8 Å². The van der Waals surface area contributed by atoms with Gasteiger partial charge in [-0.05, 0) is 24.5 Å². The maximum Gasteiger partial charge on any atom is 0.242 e. The summed E-state index contributed by atoms with van der Waals surface area (Å²) in [7, 11) is 0. The number of anilines is 1. The molecule has 10 heteroatoms. The van der Waals surface area contributed by atoms with Crippen molar-refractivity contribution in [3.8, 4) is 0 Å². The number of aromatic nitrogens is 2. The van der Waals surface area contributed by atoms with E-state index in [1.807, 2.05) is 26.0 Å². The molecule has 0 aliphatic carbocycles. The van der Waals surface area contributed by atoms with Crippen molar-refractivity contribution in [2.75, 3.05) is 37.6 Å². The molecule has 1 aromatic heterocycles. The third kappa shape index (κ3) is 6.93. The number of nitrogens with one attached hydrogen (secondary N) is 1. The van der Waals surface area contributed by atoms with E-state index < -0.39 is 6.04 Å². The highest BCUT2D eigenvalue weighted by atomic mass is 35.5. The van der Waals surface area contributed by atoms with Crippen LogP contribution in [0.3, 0.4) is 0 Å². The van der Waals surface area contributed by atoms with Gasteiger partial charge in [0.1, 0.15) is 0 Å². The summed E-state index contributed by atoms with van der Waals surface area (Å²) in [4.78, 5) is 28.1. The predicted octanol–water partition coefficient (Wildman–Crippen LogP) is 0.458. The Morgan fingerprint density at radius 1 is 1.23 bits per heavy atom. The van der Waals surface area contributed by atoms with Crippen LogP contribution in [0.4, 0.5) is 5.82 Å². The molecule has 1 aromatic rings. The maximum atomic E-state index is 12.3. The molecule has 2 amide bonds. The highest BCUT2D eigenvalue weighted by molar-refractivity contribution is 5.87. The normalized spacial score (nSPS) is 15.4. The van der Waals surface area contributed by atoms with E-state index in [-0.39, 0.29) is 49.1 Å². The van der Waals surface area contributed by atoms with E-state index in [4.69, 9.17) is 5.73 Å². The van der Waals surface area contributed by atoms with Crippen molar-refractivity contribution in [1.29, 1.82) is 0 Å². The van der Waals surface area contributed by atoms with E-state index in [1.165, 1.54) is 0 Å². The van der Waals surface area contributed by atoms with E-state index >= 15 is 0 Å². The lowest BCUT2D eigenvalue weighted by Crippen LogP contribution is -2.48. The van der Waals surface area contributed by atoms with Gasteiger partial charge >= 0.3 is 0 Å². The molecular weight excluding hydrogens is 379 g/mol. The summed E-state index contributed by atoms with van der Waals surface area (Å²) in [6.07, 6.45) is 2.49. The molecule has 0 unspecified atom stereocenters. The van der Waals surface area contributed by atoms with Crippen molar-refractivity contribution in [2.24, 2.45) is 11.7 Å². The van der Waals surface area contributed by atoms with Gasteiger partial charge < -0.3 is 20.9 Å². The third-order valence-corrected chi connectivity index (χ3v) is 4.17. The molecule has 2 heterocycles. The van der Waals surface area contributed by atoms with Crippen LogP contribution in [0.15, 0.2) is 18.3 Å². The first-order valence-corrected chi connectivity index (χ1v) is 8.32. The predicted molar refractivity (Wildman–Crippen MR) is 106 cm³/mol. The minimum atomic E-state index is -0.589. The summed E-state index contributed by atoms with van der Waals surface area (Å²) in [6.45, 7) is 6.54. The molecule has 0 aromatic carbocycles. The Kier molecular flexibility index (Phi) is 11.1. The number of nitrogens with zero attached hydrogens (tertiary/aromatic N) is 4. The molecule has 1 aliphatic rings. The van der Waals surface area contributed by atoms with Gasteiger partial charge in [0.15, 0.2) is 5.82 Å². The van der Waals surface area contributed by atoms with Crippen molar-refractivity contribution in [1.82, 2.24) is 20.4 Å². The number of amides is 2. The van der Waals surface area contributed by atoms with E-state index in [0.29, 0.717) is 19.6 Å². The monoisotopic (exact) mass is 406 g/mol. The van der Waals surface area contributed by atoms with Gasteiger partial charge in [0.2, 0.25) is 11.8 Å². The molecule has 1 aliphatic heterocycles. The van der Waals surface area contributed by atoms with Gasteiger partial charge in [-0.3, -0.25) is 9.59 Å². The van der Waals surface area contributed by atoms with Gasteiger partial charge in [0, 0.05) is 32.4 Å². The Hall–Kier alpha value is -1.64. The lowest BCUT2D eigenvalue weighted by atomic mass is 10.1. The Balaban J connectivity index is 0.00000312. The minimum Gasteiger partial charge on any atom is -0.353 e. The van der Waals surface area contributed by atoms with Gasteiger partial charge in [-0.2, -0.15) is 5.10 Å². The van der Waals surface area contributed by atoms with Crippen LogP contribution in [0.5, 0.6) is 0 Å². The molecule has 0 spiro atoms. The SMILES string of the molecule is CC(C)[C@H](N)C(=O)NCC(=O)N1CCCN(c2cccnn2)CC1.Cl.Cl. The van der Waals surface area contributed by atoms with Crippen molar-refractivity contribution in [3.05, 3.63) is 18.3 Å². The first kappa shape index (κ1) is 24.4. The molecular formula is C16H28Cl2N6O2. The third-order valence-electron chi connectivity index (χ3n) is 4.17. The number of halogens is 2. The van der Waals surface area contributed by atoms with E-state index in [9.17, 15) is 9.59 Å². The summed E-state index contributed by atoms with van der Waals surface area (Å²) in [5.74, 6) is 0.497. The fraction of sp³-hybridized carbons (Fsp3) is 0.625. The maximum absolute atomic E-state index is 12.3. The number of rotatable bonds is 5. The Bertz CT molecular complexity index is 561. The number of nitrogens with two attached hydrogens (primary N) is 1. The van der Waals surface area contributed by atoms with Crippen LogP contribution >= 0.6 is 24.8 Å². The molecule has 1 saturated heterocycles. The van der Waals surface area contributed by atoms with Crippen LogP contribution in [0.1, 0.15) is 20.3 Å². The topological polar surface area (TPSA) is 104 Å². The second-order valence-electron chi connectivity index (χ2n) is 6.29. The second-order valence-corrected chi connectivity index (χ2v) is 6.29. The lowest BCUT2D eigenvalue weighted by Gasteiger charge is -2.23. The highest BCUT2D eigenvalue weighted by Crippen LogP contribution is 2.12. The highest BCUT2D eigenvalue weighted by Gasteiger charge is 2.22. The minimum absolute atomic E-state index is 0. The quantitative estimate of drug-likeness (QED) is 0.735.